The number of methoxy groups -OCH3 is 1. The number of ether oxygens (including phenoxy) is 2. The normalized spacial score (nSPS) is 14.0. The number of urea groups is 1. The number of nitrogens with zero attached hydrogens (tertiary/aromatic N) is 2. The topological polar surface area (TPSA) is 84.3 Å². The van der Waals surface area contributed by atoms with Crippen molar-refractivity contribution in [2.24, 2.45) is 0 Å². The molecule has 26 heavy (non-hydrogen) atoms. The molecule has 0 radical (unpaired) electrons. The summed E-state index contributed by atoms with van der Waals surface area (Å²) in [4.78, 5) is 27.8. The van der Waals surface area contributed by atoms with Gasteiger partial charge < -0.3 is 29.0 Å². The summed E-state index contributed by atoms with van der Waals surface area (Å²) in [5, 5.41) is 2.71. The van der Waals surface area contributed by atoms with Crippen LogP contribution in [0.15, 0.2) is 47.1 Å². The van der Waals surface area contributed by atoms with Gasteiger partial charge in [-0.3, -0.25) is 4.79 Å². The van der Waals surface area contributed by atoms with Crippen molar-refractivity contribution in [3.8, 4) is 11.5 Å². The molecule has 8 heteroatoms. The Labute approximate surface area is 151 Å². The van der Waals surface area contributed by atoms with Crippen LogP contribution in [0.1, 0.15) is 10.6 Å². The summed E-state index contributed by atoms with van der Waals surface area (Å²) in [6.07, 6.45) is 1.47. The quantitative estimate of drug-likeness (QED) is 0.823. The van der Waals surface area contributed by atoms with Crippen molar-refractivity contribution in [1.29, 1.82) is 0 Å². The molecule has 1 saturated heterocycles. The maximum atomic E-state index is 12.2. The molecule has 1 aromatic heterocycles. The van der Waals surface area contributed by atoms with Crippen molar-refractivity contribution in [2.75, 3.05) is 40.0 Å². The van der Waals surface area contributed by atoms with E-state index < -0.39 is 0 Å². The summed E-state index contributed by atoms with van der Waals surface area (Å²) in [5.41, 5.74) is 0. The van der Waals surface area contributed by atoms with E-state index in [0.717, 1.165) is 0 Å². The summed E-state index contributed by atoms with van der Waals surface area (Å²) < 4.78 is 15.9. The highest BCUT2D eigenvalue weighted by Crippen LogP contribution is 2.25. The summed E-state index contributed by atoms with van der Waals surface area (Å²) in [6, 6.07) is 10.3. The van der Waals surface area contributed by atoms with E-state index in [2.05, 4.69) is 5.32 Å². The Hall–Kier alpha value is -3.16. The number of nitrogens with one attached hydrogen (secondary N) is 1. The van der Waals surface area contributed by atoms with Crippen LogP contribution >= 0.6 is 0 Å². The second kappa shape index (κ2) is 8.28. The zero-order valence-electron chi connectivity index (χ0n) is 14.5. The van der Waals surface area contributed by atoms with E-state index in [0.29, 0.717) is 43.4 Å². The summed E-state index contributed by atoms with van der Waals surface area (Å²) >= 11 is 0. The van der Waals surface area contributed by atoms with Gasteiger partial charge in [-0.2, -0.15) is 0 Å². The minimum absolute atomic E-state index is 0.0325. The molecule has 0 aliphatic carbocycles. The first-order chi connectivity index (χ1) is 12.7. The van der Waals surface area contributed by atoms with E-state index in [9.17, 15) is 9.59 Å². The number of amides is 3. The van der Waals surface area contributed by atoms with Crippen molar-refractivity contribution in [1.82, 2.24) is 15.1 Å². The lowest BCUT2D eigenvalue weighted by molar-refractivity contribution is 0.0631. The monoisotopic (exact) mass is 359 g/mol. The number of benzene rings is 1. The Morgan fingerprint density at radius 2 is 1.73 bits per heavy atom. The highest BCUT2D eigenvalue weighted by molar-refractivity contribution is 5.91. The lowest BCUT2D eigenvalue weighted by Gasteiger charge is -2.34. The molecule has 0 atom stereocenters. The van der Waals surface area contributed by atoms with Gasteiger partial charge >= 0.3 is 6.03 Å². The van der Waals surface area contributed by atoms with E-state index in [1.807, 2.05) is 12.1 Å². The number of hydrogen-bond acceptors (Lipinski definition) is 5. The number of carbonyl (C=O) groups is 2. The summed E-state index contributed by atoms with van der Waals surface area (Å²) in [7, 11) is 1.56. The van der Waals surface area contributed by atoms with Crippen LogP contribution in [0.4, 0.5) is 4.79 Å². The molecule has 0 saturated carbocycles. The predicted octanol–water partition coefficient (Wildman–Crippen LogP) is 1.79. The number of carbonyl (C=O) groups excluding carboxylic acids is 2. The second-order valence-electron chi connectivity index (χ2n) is 5.68. The summed E-state index contributed by atoms with van der Waals surface area (Å²) in [6.45, 7) is 1.85. The largest absolute Gasteiger partial charge is 0.493 e. The van der Waals surface area contributed by atoms with Gasteiger partial charge in [-0.05, 0) is 24.3 Å². The van der Waals surface area contributed by atoms with Crippen molar-refractivity contribution < 1.29 is 23.5 Å². The van der Waals surface area contributed by atoms with Gasteiger partial charge in [-0.1, -0.05) is 12.1 Å². The molecule has 1 aliphatic heterocycles. The fourth-order valence-electron chi connectivity index (χ4n) is 2.69. The fourth-order valence-corrected chi connectivity index (χ4v) is 2.69. The third-order valence-corrected chi connectivity index (χ3v) is 4.11. The molecule has 2 heterocycles. The van der Waals surface area contributed by atoms with Gasteiger partial charge in [-0.25, -0.2) is 4.79 Å². The Morgan fingerprint density at radius 1 is 1.04 bits per heavy atom. The van der Waals surface area contributed by atoms with Gasteiger partial charge in [-0.15, -0.1) is 0 Å². The Morgan fingerprint density at radius 3 is 2.38 bits per heavy atom. The van der Waals surface area contributed by atoms with E-state index in [4.69, 9.17) is 13.9 Å². The molecular weight excluding hydrogens is 338 g/mol. The van der Waals surface area contributed by atoms with Crippen LogP contribution in [-0.4, -0.2) is 61.8 Å². The van der Waals surface area contributed by atoms with Crippen LogP contribution in [0.25, 0.3) is 0 Å². The molecule has 0 unspecified atom stereocenters. The van der Waals surface area contributed by atoms with Gasteiger partial charge in [0, 0.05) is 26.2 Å². The molecule has 3 amide bonds. The molecule has 8 nitrogen and oxygen atoms in total. The van der Waals surface area contributed by atoms with Gasteiger partial charge in [0.2, 0.25) is 0 Å². The van der Waals surface area contributed by atoms with Crippen molar-refractivity contribution >= 4 is 11.9 Å². The van der Waals surface area contributed by atoms with E-state index >= 15 is 0 Å². The van der Waals surface area contributed by atoms with E-state index in [1.165, 1.54) is 6.26 Å². The SMILES string of the molecule is COc1ccccc1OCNC(=O)N1CCN(C(=O)c2ccco2)CC1. The predicted molar refractivity (Wildman–Crippen MR) is 93.2 cm³/mol. The number of piperazine rings is 1. The standard InChI is InChI=1S/C18H21N3O5/c1-24-14-5-2-3-6-15(14)26-13-19-18(23)21-10-8-20(9-11-21)17(22)16-7-4-12-25-16/h2-7,12H,8-11,13H2,1H3,(H,19,23). The molecule has 138 valence electrons. The molecular formula is C18H21N3O5. The molecule has 1 aromatic carbocycles. The van der Waals surface area contributed by atoms with Crippen LogP contribution < -0.4 is 14.8 Å². The number of para-hydroxylation sites is 2. The summed E-state index contributed by atoms with van der Waals surface area (Å²) in [5.74, 6) is 1.32. The van der Waals surface area contributed by atoms with Gasteiger partial charge in [0.1, 0.15) is 0 Å². The zero-order valence-corrected chi connectivity index (χ0v) is 14.5. The Kier molecular flexibility index (Phi) is 5.62. The Bertz CT molecular complexity index is 739. The average molecular weight is 359 g/mol. The highest BCUT2D eigenvalue weighted by atomic mass is 16.5. The number of rotatable bonds is 5. The first kappa shape index (κ1) is 17.7. The third-order valence-electron chi connectivity index (χ3n) is 4.11. The molecule has 1 N–H and O–H groups in total. The lowest BCUT2D eigenvalue weighted by atomic mass is 10.3. The maximum absolute atomic E-state index is 12.2. The minimum atomic E-state index is -0.231. The average Bonchev–Trinajstić information content (AvgIpc) is 3.22. The molecule has 1 fully saturated rings. The van der Waals surface area contributed by atoms with Gasteiger partial charge in [0.15, 0.2) is 24.0 Å². The lowest BCUT2D eigenvalue weighted by Crippen LogP contribution is -2.53. The van der Waals surface area contributed by atoms with Gasteiger partial charge in [0.05, 0.1) is 13.4 Å². The van der Waals surface area contributed by atoms with Crippen LogP contribution in [-0.2, 0) is 0 Å². The zero-order chi connectivity index (χ0) is 18.4. The molecule has 2 aromatic rings. The molecule has 3 rings (SSSR count). The van der Waals surface area contributed by atoms with Gasteiger partial charge in [0.25, 0.3) is 5.91 Å². The number of furan rings is 1. The highest BCUT2D eigenvalue weighted by Gasteiger charge is 2.25. The third kappa shape index (κ3) is 4.08. The van der Waals surface area contributed by atoms with Crippen molar-refractivity contribution in [2.45, 2.75) is 0 Å². The first-order valence-corrected chi connectivity index (χ1v) is 8.30. The molecule has 0 bridgehead atoms. The first-order valence-electron chi connectivity index (χ1n) is 8.30. The smallest absolute Gasteiger partial charge is 0.320 e. The van der Waals surface area contributed by atoms with E-state index in [1.54, 1.807) is 41.2 Å². The second-order valence-corrected chi connectivity index (χ2v) is 5.68. The van der Waals surface area contributed by atoms with Crippen LogP contribution in [0.5, 0.6) is 11.5 Å². The van der Waals surface area contributed by atoms with E-state index in [-0.39, 0.29) is 18.7 Å². The molecule has 1 aliphatic rings. The number of hydrogen-bond donors (Lipinski definition) is 1. The Balaban J connectivity index is 1.43. The minimum Gasteiger partial charge on any atom is -0.493 e. The fraction of sp³-hybridized carbons (Fsp3) is 0.333. The van der Waals surface area contributed by atoms with Crippen LogP contribution in [0, 0.1) is 0 Å². The molecule has 0 spiro atoms. The van der Waals surface area contributed by atoms with Crippen LogP contribution in [0.3, 0.4) is 0 Å². The maximum Gasteiger partial charge on any atom is 0.320 e. The van der Waals surface area contributed by atoms with Crippen LogP contribution in [0.2, 0.25) is 0 Å². The van der Waals surface area contributed by atoms with Crippen molar-refractivity contribution in [3.05, 3.63) is 48.4 Å². The van der Waals surface area contributed by atoms with Crippen molar-refractivity contribution in [3.63, 3.8) is 0 Å².